The van der Waals surface area contributed by atoms with Crippen LogP contribution in [0.25, 0.3) is 16.8 Å². The SMILES string of the molecule is CCc1nc2ccccc2n1C1CCN(c2cc(C(F)(F)F)nc3ncnn23)CC1. The molecule has 1 aliphatic heterocycles. The van der Waals surface area contributed by atoms with Gasteiger partial charge in [0, 0.05) is 31.6 Å². The van der Waals surface area contributed by atoms with Gasteiger partial charge in [0.1, 0.15) is 18.0 Å². The third-order valence-corrected chi connectivity index (χ3v) is 5.66. The van der Waals surface area contributed by atoms with Crippen LogP contribution in [0, 0.1) is 0 Å². The summed E-state index contributed by atoms with van der Waals surface area (Å²) in [4.78, 5) is 14.1. The van der Waals surface area contributed by atoms with Crippen molar-refractivity contribution < 1.29 is 13.2 Å². The Morgan fingerprint density at radius 1 is 1.10 bits per heavy atom. The molecule has 0 aliphatic carbocycles. The highest BCUT2D eigenvalue weighted by Gasteiger charge is 2.35. The second kappa shape index (κ2) is 6.96. The first-order valence-electron chi connectivity index (χ1n) is 9.94. The number of aryl methyl sites for hydroxylation is 1. The summed E-state index contributed by atoms with van der Waals surface area (Å²) in [5, 5.41) is 4.07. The Morgan fingerprint density at radius 2 is 1.87 bits per heavy atom. The van der Waals surface area contributed by atoms with Gasteiger partial charge in [-0.05, 0) is 25.0 Å². The van der Waals surface area contributed by atoms with Crippen molar-refractivity contribution in [3.8, 4) is 0 Å². The number of para-hydroxylation sites is 2. The molecule has 0 bridgehead atoms. The molecule has 0 N–H and O–H groups in total. The van der Waals surface area contributed by atoms with Gasteiger partial charge in [-0.2, -0.15) is 27.8 Å². The largest absolute Gasteiger partial charge is 0.433 e. The number of anilines is 1. The molecule has 3 aromatic heterocycles. The van der Waals surface area contributed by atoms with Crippen molar-refractivity contribution in [3.05, 3.63) is 48.2 Å². The number of hydrogen-bond donors (Lipinski definition) is 0. The van der Waals surface area contributed by atoms with Crippen LogP contribution in [-0.2, 0) is 12.6 Å². The fourth-order valence-electron chi connectivity index (χ4n) is 4.27. The number of benzene rings is 1. The standard InChI is InChI=1S/C20H20F3N7/c1-2-17-26-14-5-3-4-6-15(14)29(17)13-7-9-28(10-8-13)18-11-16(20(21,22)23)27-19-24-12-25-30(18)19/h3-6,11-13H,2,7-10H2,1H3. The molecule has 1 saturated heterocycles. The van der Waals surface area contributed by atoms with Crippen LogP contribution in [0.5, 0.6) is 0 Å². The predicted molar refractivity (Wildman–Crippen MR) is 105 cm³/mol. The maximum atomic E-state index is 13.3. The van der Waals surface area contributed by atoms with Gasteiger partial charge in [-0.25, -0.2) is 9.97 Å². The average molecular weight is 415 g/mol. The molecule has 7 nitrogen and oxygen atoms in total. The number of hydrogen-bond acceptors (Lipinski definition) is 5. The summed E-state index contributed by atoms with van der Waals surface area (Å²) in [7, 11) is 0. The molecule has 0 atom stereocenters. The molecule has 4 heterocycles. The Hall–Kier alpha value is -3.17. The van der Waals surface area contributed by atoms with E-state index < -0.39 is 11.9 Å². The van der Waals surface area contributed by atoms with E-state index in [9.17, 15) is 13.2 Å². The molecule has 30 heavy (non-hydrogen) atoms. The number of imidazole rings is 1. The van der Waals surface area contributed by atoms with Crippen molar-refractivity contribution in [1.82, 2.24) is 29.1 Å². The first kappa shape index (κ1) is 18.8. The van der Waals surface area contributed by atoms with Crippen LogP contribution in [-0.4, -0.2) is 42.2 Å². The minimum absolute atomic E-state index is 0.0455. The van der Waals surface area contributed by atoms with E-state index in [2.05, 4.69) is 32.6 Å². The Morgan fingerprint density at radius 3 is 2.60 bits per heavy atom. The van der Waals surface area contributed by atoms with Crippen molar-refractivity contribution >= 4 is 22.6 Å². The highest BCUT2D eigenvalue weighted by Crippen LogP contribution is 2.34. The van der Waals surface area contributed by atoms with Crippen LogP contribution >= 0.6 is 0 Å². The molecule has 156 valence electrons. The van der Waals surface area contributed by atoms with Crippen LogP contribution in [0.1, 0.15) is 37.3 Å². The molecule has 1 aromatic carbocycles. The number of nitrogens with zero attached hydrogens (tertiary/aromatic N) is 7. The number of rotatable bonds is 3. The zero-order chi connectivity index (χ0) is 20.9. The first-order chi connectivity index (χ1) is 14.5. The molecule has 5 rings (SSSR count). The van der Waals surface area contributed by atoms with Gasteiger partial charge in [-0.3, -0.25) is 0 Å². The van der Waals surface area contributed by atoms with E-state index in [1.54, 1.807) is 0 Å². The smallest absolute Gasteiger partial charge is 0.356 e. The van der Waals surface area contributed by atoms with Crippen molar-refractivity contribution in [2.45, 2.75) is 38.4 Å². The lowest BCUT2D eigenvalue weighted by Gasteiger charge is -2.35. The number of halogens is 3. The van der Waals surface area contributed by atoms with E-state index in [1.165, 1.54) is 10.8 Å². The molecule has 0 radical (unpaired) electrons. The number of alkyl halides is 3. The maximum absolute atomic E-state index is 13.3. The highest BCUT2D eigenvalue weighted by atomic mass is 19.4. The molecule has 4 aromatic rings. The normalized spacial score (nSPS) is 16.1. The summed E-state index contributed by atoms with van der Waals surface area (Å²) >= 11 is 0. The Kier molecular flexibility index (Phi) is 4.37. The van der Waals surface area contributed by atoms with E-state index in [0.29, 0.717) is 18.9 Å². The third kappa shape index (κ3) is 3.06. The highest BCUT2D eigenvalue weighted by molar-refractivity contribution is 5.76. The summed E-state index contributed by atoms with van der Waals surface area (Å²) in [6.07, 6.45) is -0.884. The molecule has 0 saturated carbocycles. The van der Waals surface area contributed by atoms with E-state index in [4.69, 9.17) is 4.98 Å². The van der Waals surface area contributed by atoms with Gasteiger partial charge in [-0.15, -0.1) is 0 Å². The van der Waals surface area contributed by atoms with Gasteiger partial charge < -0.3 is 9.47 Å². The topological polar surface area (TPSA) is 64.1 Å². The molecular formula is C20H20F3N7. The number of fused-ring (bicyclic) bond motifs is 2. The van der Waals surface area contributed by atoms with Crippen LogP contribution in [0.3, 0.4) is 0 Å². The van der Waals surface area contributed by atoms with Crippen LogP contribution < -0.4 is 4.90 Å². The van der Waals surface area contributed by atoms with E-state index in [-0.39, 0.29) is 11.8 Å². The van der Waals surface area contributed by atoms with Gasteiger partial charge in [0.25, 0.3) is 5.78 Å². The Labute approximate surface area is 170 Å². The number of aromatic nitrogens is 6. The summed E-state index contributed by atoms with van der Waals surface area (Å²) in [6.45, 7) is 3.30. The van der Waals surface area contributed by atoms with Crippen molar-refractivity contribution in [1.29, 1.82) is 0 Å². The van der Waals surface area contributed by atoms with Crippen molar-refractivity contribution in [2.24, 2.45) is 0 Å². The average Bonchev–Trinajstić information content (AvgIpc) is 3.36. The lowest BCUT2D eigenvalue weighted by molar-refractivity contribution is -0.141. The zero-order valence-electron chi connectivity index (χ0n) is 16.3. The molecule has 1 fully saturated rings. The molecule has 10 heteroatoms. The molecule has 0 unspecified atom stereocenters. The van der Waals surface area contributed by atoms with E-state index in [0.717, 1.165) is 42.2 Å². The number of piperidine rings is 1. The summed E-state index contributed by atoms with van der Waals surface area (Å²) in [5.74, 6) is 1.36. The molecule has 0 spiro atoms. The van der Waals surface area contributed by atoms with Gasteiger partial charge in [0.2, 0.25) is 0 Å². The minimum atomic E-state index is -4.54. The Balaban J connectivity index is 1.46. The molecule has 1 aliphatic rings. The minimum Gasteiger partial charge on any atom is -0.356 e. The first-order valence-corrected chi connectivity index (χ1v) is 9.94. The van der Waals surface area contributed by atoms with Gasteiger partial charge >= 0.3 is 6.18 Å². The van der Waals surface area contributed by atoms with Gasteiger partial charge in [-0.1, -0.05) is 19.1 Å². The van der Waals surface area contributed by atoms with Crippen LogP contribution in [0.15, 0.2) is 36.7 Å². The summed E-state index contributed by atoms with van der Waals surface area (Å²) in [5.41, 5.74) is 1.13. The lowest BCUT2D eigenvalue weighted by atomic mass is 10.0. The predicted octanol–water partition coefficient (Wildman–Crippen LogP) is 3.90. The lowest BCUT2D eigenvalue weighted by Crippen LogP contribution is -2.36. The zero-order valence-corrected chi connectivity index (χ0v) is 16.3. The van der Waals surface area contributed by atoms with Crippen molar-refractivity contribution in [3.63, 3.8) is 0 Å². The van der Waals surface area contributed by atoms with Crippen LogP contribution in [0.2, 0.25) is 0 Å². The Bertz CT molecular complexity index is 1200. The molecular weight excluding hydrogens is 395 g/mol. The van der Waals surface area contributed by atoms with Crippen LogP contribution in [0.4, 0.5) is 19.0 Å². The summed E-state index contributed by atoms with van der Waals surface area (Å²) in [6, 6.07) is 9.38. The van der Waals surface area contributed by atoms with Gasteiger partial charge in [0.15, 0.2) is 5.69 Å². The van der Waals surface area contributed by atoms with Crippen molar-refractivity contribution in [2.75, 3.05) is 18.0 Å². The van der Waals surface area contributed by atoms with E-state index >= 15 is 0 Å². The second-order valence-corrected chi connectivity index (χ2v) is 7.43. The summed E-state index contributed by atoms with van der Waals surface area (Å²) < 4.78 is 43.6. The fraction of sp³-hybridized carbons (Fsp3) is 0.400. The monoisotopic (exact) mass is 415 g/mol. The third-order valence-electron chi connectivity index (χ3n) is 5.66. The maximum Gasteiger partial charge on any atom is 0.433 e. The second-order valence-electron chi connectivity index (χ2n) is 7.43. The fourth-order valence-corrected chi connectivity index (χ4v) is 4.27. The van der Waals surface area contributed by atoms with Gasteiger partial charge in [0.05, 0.1) is 11.0 Å². The molecule has 0 amide bonds. The quantitative estimate of drug-likeness (QED) is 0.508. The van der Waals surface area contributed by atoms with E-state index in [1.807, 2.05) is 23.1 Å².